The maximum atomic E-state index is 11.9. The molecule has 0 radical (unpaired) electrons. The molecule has 1 aromatic carbocycles. The Morgan fingerprint density at radius 3 is 2.58 bits per heavy atom. The Labute approximate surface area is 181 Å². The summed E-state index contributed by atoms with van der Waals surface area (Å²) >= 11 is 3.45. The third-order valence-corrected chi connectivity index (χ3v) is 4.66. The molecule has 1 saturated heterocycles. The number of nitrogens with one attached hydrogen (secondary N) is 1. The number of likely N-dealkylation sites (N-methyl/N-ethyl adjacent to an activating group) is 1. The van der Waals surface area contributed by atoms with Gasteiger partial charge in [-0.3, -0.25) is 4.79 Å². The molecule has 1 atom stereocenters. The summed E-state index contributed by atoms with van der Waals surface area (Å²) in [5, 5.41) is 3.40. The Bertz CT molecular complexity index is 589. The van der Waals surface area contributed by atoms with E-state index in [4.69, 9.17) is 4.74 Å². The molecule has 1 amide bonds. The minimum atomic E-state index is -0.0134. The predicted octanol–water partition coefficient (Wildman–Crippen LogP) is 2.57. The number of hydrogen-bond acceptors (Lipinski definition) is 3. The molecule has 6 nitrogen and oxygen atoms in total. The minimum absolute atomic E-state index is 0. The lowest BCUT2D eigenvalue weighted by Crippen LogP contribution is -2.41. The van der Waals surface area contributed by atoms with E-state index in [9.17, 15) is 4.79 Å². The van der Waals surface area contributed by atoms with Gasteiger partial charge in [-0.05, 0) is 24.1 Å². The van der Waals surface area contributed by atoms with Crippen LogP contribution in [0.2, 0.25) is 0 Å². The van der Waals surface area contributed by atoms with E-state index in [0.717, 1.165) is 43.2 Å². The molecule has 1 unspecified atom stereocenters. The van der Waals surface area contributed by atoms with Gasteiger partial charge in [0.15, 0.2) is 5.96 Å². The van der Waals surface area contributed by atoms with Crippen molar-refractivity contribution in [2.45, 2.75) is 13.0 Å². The summed E-state index contributed by atoms with van der Waals surface area (Å²) in [6.07, 6.45) is 1.06. The summed E-state index contributed by atoms with van der Waals surface area (Å²) in [6, 6.07) is 8.21. The van der Waals surface area contributed by atoms with E-state index >= 15 is 0 Å². The number of aliphatic imine (C=N–C) groups is 1. The van der Waals surface area contributed by atoms with Crippen molar-refractivity contribution < 1.29 is 9.53 Å². The van der Waals surface area contributed by atoms with Crippen LogP contribution in [0, 0.1) is 5.92 Å². The molecule has 146 valence electrons. The van der Waals surface area contributed by atoms with E-state index in [1.54, 1.807) is 19.0 Å². The van der Waals surface area contributed by atoms with Crippen LogP contribution in [-0.4, -0.2) is 69.1 Å². The fourth-order valence-electron chi connectivity index (χ4n) is 2.51. The van der Waals surface area contributed by atoms with Crippen molar-refractivity contribution in [1.29, 1.82) is 0 Å². The van der Waals surface area contributed by atoms with E-state index in [1.807, 2.05) is 24.1 Å². The first-order valence-electron chi connectivity index (χ1n) is 8.47. The summed E-state index contributed by atoms with van der Waals surface area (Å²) in [5.74, 6) is 1.22. The summed E-state index contributed by atoms with van der Waals surface area (Å²) < 4.78 is 6.49. The van der Waals surface area contributed by atoms with Gasteiger partial charge in [-0.15, -0.1) is 24.0 Å². The van der Waals surface area contributed by atoms with Gasteiger partial charge in [0.2, 0.25) is 5.91 Å². The highest BCUT2D eigenvalue weighted by atomic mass is 127. The van der Waals surface area contributed by atoms with E-state index in [0.29, 0.717) is 5.92 Å². The molecule has 0 bridgehead atoms. The molecule has 0 saturated carbocycles. The Morgan fingerprint density at radius 1 is 1.31 bits per heavy atom. The molecule has 0 aromatic heterocycles. The molecule has 26 heavy (non-hydrogen) atoms. The fourth-order valence-corrected chi connectivity index (χ4v) is 2.78. The number of ether oxygens (including phenoxy) is 1. The predicted molar refractivity (Wildman–Crippen MR) is 119 cm³/mol. The molecule has 1 heterocycles. The standard InChI is InChI=1S/C18H27BrN4O2.HI/c1-22(2)17(24)11-21-18(20-10-15-8-9-25-13-15)23(3)12-14-4-6-16(19)7-5-14;/h4-7,15H,8-13H2,1-3H3,(H,20,21);1H. The zero-order valence-electron chi connectivity index (χ0n) is 15.6. The van der Waals surface area contributed by atoms with Crippen molar-refractivity contribution in [3.63, 3.8) is 0 Å². The Morgan fingerprint density at radius 2 is 2.00 bits per heavy atom. The number of halogens is 2. The molecule has 0 aliphatic carbocycles. The third kappa shape index (κ3) is 7.79. The second kappa shape index (κ2) is 11.8. The zero-order valence-corrected chi connectivity index (χ0v) is 19.5. The molecule has 2 rings (SSSR count). The van der Waals surface area contributed by atoms with Gasteiger partial charge in [-0.2, -0.15) is 0 Å². The smallest absolute Gasteiger partial charge is 0.243 e. The Kier molecular flexibility index (Phi) is 10.5. The van der Waals surface area contributed by atoms with E-state index in [1.165, 1.54) is 5.56 Å². The second-order valence-corrected chi connectivity index (χ2v) is 7.44. The number of rotatable bonds is 6. The minimum Gasteiger partial charge on any atom is -0.381 e. The maximum Gasteiger partial charge on any atom is 0.243 e. The first kappa shape index (κ1) is 23.2. The van der Waals surface area contributed by atoms with Crippen LogP contribution in [0.1, 0.15) is 12.0 Å². The number of guanidine groups is 1. The normalized spacial score (nSPS) is 16.8. The number of benzene rings is 1. The van der Waals surface area contributed by atoms with Gasteiger partial charge in [-0.1, -0.05) is 28.1 Å². The second-order valence-electron chi connectivity index (χ2n) is 6.52. The molecular formula is C18H28BrIN4O2. The first-order valence-corrected chi connectivity index (χ1v) is 9.27. The third-order valence-electron chi connectivity index (χ3n) is 4.13. The van der Waals surface area contributed by atoms with Crippen LogP contribution < -0.4 is 5.32 Å². The number of carbonyl (C=O) groups excluding carboxylic acids is 1. The number of carbonyl (C=O) groups is 1. The molecule has 0 spiro atoms. The van der Waals surface area contributed by atoms with Crippen molar-refractivity contribution in [3.05, 3.63) is 34.3 Å². The van der Waals surface area contributed by atoms with Crippen molar-refractivity contribution in [2.24, 2.45) is 10.9 Å². The number of nitrogens with zero attached hydrogens (tertiary/aromatic N) is 3. The van der Waals surface area contributed by atoms with Crippen LogP contribution in [-0.2, 0) is 16.1 Å². The fraction of sp³-hybridized carbons (Fsp3) is 0.556. The molecule has 1 aromatic rings. The highest BCUT2D eigenvalue weighted by molar-refractivity contribution is 14.0. The lowest BCUT2D eigenvalue weighted by atomic mass is 10.1. The van der Waals surface area contributed by atoms with Crippen LogP contribution in [0.3, 0.4) is 0 Å². The van der Waals surface area contributed by atoms with E-state index < -0.39 is 0 Å². The quantitative estimate of drug-likeness (QED) is 0.343. The average molecular weight is 539 g/mol. The summed E-state index contributed by atoms with van der Waals surface area (Å²) in [4.78, 5) is 20.0. The van der Waals surface area contributed by atoms with Crippen LogP contribution >= 0.6 is 39.9 Å². The highest BCUT2D eigenvalue weighted by Crippen LogP contribution is 2.13. The molecule has 1 fully saturated rings. The monoisotopic (exact) mass is 538 g/mol. The van der Waals surface area contributed by atoms with Gasteiger partial charge >= 0.3 is 0 Å². The topological polar surface area (TPSA) is 57.2 Å². The highest BCUT2D eigenvalue weighted by Gasteiger charge is 2.17. The summed E-state index contributed by atoms with van der Waals surface area (Å²) in [6.45, 7) is 3.28. The lowest BCUT2D eigenvalue weighted by Gasteiger charge is -2.24. The van der Waals surface area contributed by atoms with E-state index in [2.05, 4.69) is 38.4 Å². The van der Waals surface area contributed by atoms with Gasteiger partial charge in [0, 0.05) is 51.2 Å². The van der Waals surface area contributed by atoms with Crippen LogP contribution in [0.15, 0.2) is 33.7 Å². The van der Waals surface area contributed by atoms with Crippen molar-refractivity contribution >= 4 is 51.8 Å². The summed E-state index contributed by atoms with van der Waals surface area (Å²) in [7, 11) is 5.47. The molecular weight excluding hydrogens is 511 g/mol. The van der Waals surface area contributed by atoms with Crippen molar-refractivity contribution in [1.82, 2.24) is 15.1 Å². The zero-order chi connectivity index (χ0) is 18.2. The largest absolute Gasteiger partial charge is 0.381 e. The van der Waals surface area contributed by atoms with Crippen LogP contribution in [0.4, 0.5) is 0 Å². The first-order chi connectivity index (χ1) is 12.0. The van der Waals surface area contributed by atoms with Gasteiger partial charge in [0.05, 0.1) is 6.61 Å². The van der Waals surface area contributed by atoms with Gasteiger partial charge in [0.25, 0.3) is 0 Å². The Balaban J connectivity index is 0.00000338. The van der Waals surface area contributed by atoms with E-state index in [-0.39, 0.29) is 36.4 Å². The SMILES string of the molecule is CN(C)C(=O)CN=C(NCC1CCOC1)N(C)Cc1ccc(Br)cc1.I. The molecule has 1 N–H and O–H groups in total. The van der Waals surface area contributed by atoms with Crippen molar-refractivity contribution in [2.75, 3.05) is 47.4 Å². The maximum absolute atomic E-state index is 11.9. The van der Waals surface area contributed by atoms with Gasteiger partial charge < -0.3 is 19.9 Å². The van der Waals surface area contributed by atoms with Gasteiger partial charge in [0.1, 0.15) is 6.54 Å². The van der Waals surface area contributed by atoms with Gasteiger partial charge in [-0.25, -0.2) is 4.99 Å². The number of hydrogen-bond donors (Lipinski definition) is 1. The lowest BCUT2D eigenvalue weighted by molar-refractivity contribution is -0.127. The van der Waals surface area contributed by atoms with Crippen molar-refractivity contribution in [3.8, 4) is 0 Å². The number of amides is 1. The molecule has 1 aliphatic heterocycles. The average Bonchev–Trinajstić information content (AvgIpc) is 3.10. The summed E-state index contributed by atoms with van der Waals surface area (Å²) in [5.41, 5.74) is 1.18. The van der Waals surface area contributed by atoms with Crippen LogP contribution in [0.5, 0.6) is 0 Å². The molecule has 1 aliphatic rings. The van der Waals surface area contributed by atoms with Crippen LogP contribution in [0.25, 0.3) is 0 Å². The molecule has 8 heteroatoms. The Hall–Kier alpha value is -0.870.